The Hall–Kier alpha value is -2.44. The number of hydrogen-bond acceptors (Lipinski definition) is 5. The number of hydroxylamine groups is 4. The van der Waals surface area contributed by atoms with Gasteiger partial charge in [0.25, 0.3) is 0 Å². The zero-order chi connectivity index (χ0) is 17.3. The standard InChI is InChI=1S/C18H19N4O2/c1-17(2)18(3,4)22(24)16(21(17)23)15-19-13-9-11-7-5-6-8-12(11)10-14(13)20-15/h5-10,23H,1-4H3. The van der Waals surface area contributed by atoms with Crippen molar-refractivity contribution in [2.24, 2.45) is 9.98 Å². The molecule has 0 saturated carbocycles. The molecule has 0 unspecified atom stereocenters. The van der Waals surface area contributed by atoms with Crippen molar-refractivity contribution in [3.8, 4) is 0 Å². The van der Waals surface area contributed by atoms with Crippen LogP contribution in [0.25, 0.3) is 10.8 Å². The van der Waals surface area contributed by atoms with E-state index in [1.54, 1.807) is 13.8 Å². The third-order valence-corrected chi connectivity index (χ3v) is 5.42. The van der Waals surface area contributed by atoms with Gasteiger partial charge in [-0.25, -0.2) is 15.0 Å². The van der Waals surface area contributed by atoms with Gasteiger partial charge in [-0.3, -0.25) is 5.21 Å². The molecule has 2 heterocycles. The highest BCUT2D eigenvalue weighted by molar-refractivity contribution is 5.82. The Morgan fingerprint density at radius 3 is 1.83 bits per heavy atom. The fourth-order valence-electron chi connectivity index (χ4n) is 3.06. The van der Waals surface area contributed by atoms with E-state index in [9.17, 15) is 10.4 Å². The van der Waals surface area contributed by atoms with Gasteiger partial charge in [-0.1, -0.05) is 29.5 Å². The number of rotatable bonds is 0. The molecule has 6 heteroatoms. The summed E-state index contributed by atoms with van der Waals surface area (Å²) in [5.74, 6) is 0.335. The number of fused-ring (bicyclic) bond motifs is 2. The first-order valence-electron chi connectivity index (χ1n) is 7.90. The van der Waals surface area contributed by atoms with Gasteiger partial charge in [-0.2, -0.15) is 5.06 Å². The Balaban J connectivity index is 1.96. The van der Waals surface area contributed by atoms with Crippen LogP contribution < -0.4 is 10.7 Å². The average molecular weight is 323 g/mol. The van der Waals surface area contributed by atoms with Gasteiger partial charge in [0.05, 0.1) is 21.8 Å². The molecule has 2 aromatic rings. The molecule has 1 saturated heterocycles. The summed E-state index contributed by atoms with van der Waals surface area (Å²) in [5.41, 5.74) is -1.57. The lowest BCUT2D eigenvalue weighted by Crippen LogP contribution is -2.52. The molecule has 1 radical (unpaired) electrons. The molecule has 24 heavy (non-hydrogen) atoms. The SMILES string of the molecule is CC1(C)N([O])C(=C2N=c3cc4ccccc4cc3=N2)N(O)C1(C)C. The second-order valence-corrected chi connectivity index (χ2v) is 7.28. The second kappa shape index (κ2) is 4.55. The van der Waals surface area contributed by atoms with E-state index in [0.29, 0.717) is 10.7 Å². The molecule has 2 aromatic carbocycles. The fraction of sp³-hybridized carbons (Fsp3) is 0.333. The molecule has 0 bridgehead atoms. The lowest BCUT2D eigenvalue weighted by molar-refractivity contribution is -0.182. The maximum Gasteiger partial charge on any atom is 0.202 e. The van der Waals surface area contributed by atoms with Gasteiger partial charge in [0, 0.05) is 0 Å². The largest absolute Gasteiger partial charge is 0.286 e. The monoisotopic (exact) mass is 323 g/mol. The van der Waals surface area contributed by atoms with Gasteiger partial charge in [-0.05, 0) is 50.6 Å². The summed E-state index contributed by atoms with van der Waals surface area (Å²) in [6.07, 6.45) is 0. The first-order chi connectivity index (χ1) is 11.2. The van der Waals surface area contributed by atoms with Crippen LogP contribution in [-0.4, -0.2) is 26.4 Å². The Morgan fingerprint density at radius 1 is 0.917 bits per heavy atom. The van der Waals surface area contributed by atoms with E-state index in [-0.39, 0.29) is 11.6 Å². The van der Waals surface area contributed by atoms with E-state index in [2.05, 4.69) is 9.98 Å². The van der Waals surface area contributed by atoms with Crippen LogP contribution in [0.4, 0.5) is 0 Å². The Bertz CT molecular complexity index is 929. The molecule has 0 aliphatic carbocycles. The molecule has 0 spiro atoms. The molecule has 1 N–H and O–H groups in total. The molecular weight excluding hydrogens is 304 g/mol. The highest BCUT2D eigenvalue weighted by Crippen LogP contribution is 2.44. The average Bonchev–Trinajstić information content (AvgIpc) is 2.98. The first kappa shape index (κ1) is 15.1. The van der Waals surface area contributed by atoms with Gasteiger partial charge in [-0.15, -0.1) is 0 Å². The van der Waals surface area contributed by atoms with Gasteiger partial charge in [0.15, 0.2) is 5.82 Å². The minimum atomic E-state index is -0.811. The van der Waals surface area contributed by atoms with E-state index in [1.165, 1.54) is 0 Å². The van der Waals surface area contributed by atoms with Crippen molar-refractivity contribution in [2.45, 2.75) is 38.8 Å². The number of nitrogens with zero attached hydrogens (tertiary/aromatic N) is 4. The summed E-state index contributed by atoms with van der Waals surface area (Å²) in [6.45, 7) is 7.24. The van der Waals surface area contributed by atoms with Crippen LogP contribution in [0.5, 0.6) is 0 Å². The van der Waals surface area contributed by atoms with Crippen LogP contribution in [0.2, 0.25) is 0 Å². The Kier molecular flexibility index (Phi) is 2.87. The van der Waals surface area contributed by atoms with Gasteiger partial charge in [0.1, 0.15) is 0 Å². The maximum absolute atomic E-state index is 12.8. The summed E-state index contributed by atoms with van der Waals surface area (Å²) in [5, 5.41) is 28.7. The molecule has 0 aromatic heterocycles. The van der Waals surface area contributed by atoms with Crippen LogP contribution in [0.1, 0.15) is 27.7 Å². The smallest absolute Gasteiger partial charge is 0.202 e. The molecule has 6 nitrogen and oxygen atoms in total. The van der Waals surface area contributed by atoms with E-state index in [1.807, 2.05) is 50.2 Å². The van der Waals surface area contributed by atoms with Gasteiger partial charge < -0.3 is 0 Å². The highest BCUT2D eigenvalue weighted by atomic mass is 16.6. The summed E-state index contributed by atoms with van der Waals surface area (Å²) in [6, 6.07) is 11.9. The van der Waals surface area contributed by atoms with Crippen molar-refractivity contribution in [3.63, 3.8) is 0 Å². The maximum atomic E-state index is 12.8. The minimum absolute atomic E-state index is 0.0882. The summed E-state index contributed by atoms with van der Waals surface area (Å²) in [4.78, 5) is 8.97. The fourth-order valence-corrected chi connectivity index (χ4v) is 3.06. The second-order valence-electron chi connectivity index (χ2n) is 7.28. The normalized spacial score (nSPS) is 21.1. The van der Waals surface area contributed by atoms with Crippen molar-refractivity contribution in [3.05, 3.63) is 58.8 Å². The van der Waals surface area contributed by atoms with E-state index >= 15 is 0 Å². The lowest BCUT2D eigenvalue weighted by atomic mass is 9.84. The molecule has 1 fully saturated rings. The van der Waals surface area contributed by atoms with E-state index in [4.69, 9.17) is 0 Å². The third kappa shape index (κ3) is 1.78. The summed E-state index contributed by atoms with van der Waals surface area (Å²) < 4.78 is 0. The zero-order valence-corrected chi connectivity index (χ0v) is 14.1. The van der Waals surface area contributed by atoms with Crippen LogP contribution in [0.15, 0.2) is 58.0 Å². The third-order valence-electron chi connectivity index (χ3n) is 5.42. The van der Waals surface area contributed by atoms with E-state index in [0.717, 1.165) is 20.9 Å². The molecule has 0 amide bonds. The summed E-state index contributed by atoms with van der Waals surface area (Å²) >= 11 is 0. The Morgan fingerprint density at radius 2 is 1.42 bits per heavy atom. The lowest BCUT2D eigenvalue weighted by Gasteiger charge is -2.36. The zero-order valence-electron chi connectivity index (χ0n) is 14.1. The van der Waals surface area contributed by atoms with Gasteiger partial charge >= 0.3 is 0 Å². The van der Waals surface area contributed by atoms with Crippen molar-refractivity contribution >= 4 is 10.8 Å². The van der Waals surface area contributed by atoms with Crippen LogP contribution in [-0.2, 0) is 5.21 Å². The molecule has 0 atom stereocenters. The highest BCUT2D eigenvalue weighted by Gasteiger charge is 2.57. The number of hydrogen-bond donors (Lipinski definition) is 1. The molecule has 2 aliphatic rings. The minimum Gasteiger partial charge on any atom is -0.286 e. The molecular formula is C18H19N4O2. The van der Waals surface area contributed by atoms with Gasteiger partial charge in [0.2, 0.25) is 5.82 Å². The van der Waals surface area contributed by atoms with Crippen LogP contribution >= 0.6 is 0 Å². The molecule has 123 valence electrons. The predicted octanol–water partition coefficient (Wildman–Crippen LogP) is 2.13. The number of benzene rings is 2. The summed E-state index contributed by atoms with van der Waals surface area (Å²) in [7, 11) is 0. The van der Waals surface area contributed by atoms with Crippen molar-refractivity contribution in [1.29, 1.82) is 0 Å². The Labute approximate surface area is 139 Å². The first-order valence-corrected chi connectivity index (χ1v) is 7.90. The quantitative estimate of drug-likeness (QED) is 0.807. The van der Waals surface area contributed by atoms with Crippen LogP contribution in [0, 0.1) is 0 Å². The molecule has 2 aliphatic heterocycles. The predicted molar refractivity (Wildman–Crippen MR) is 87.6 cm³/mol. The van der Waals surface area contributed by atoms with Crippen molar-refractivity contribution in [1.82, 2.24) is 10.1 Å². The molecule has 4 rings (SSSR count). The van der Waals surface area contributed by atoms with Crippen LogP contribution in [0.3, 0.4) is 0 Å². The topological polar surface area (TPSA) is 71.3 Å². The van der Waals surface area contributed by atoms with Crippen molar-refractivity contribution in [2.75, 3.05) is 0 Å². The van der Waals surface area contributed by atoms with Crippen molar-refractivity contribution < 1.29 is 10.4 Å². The van der Waals surface area contributed by atoms with E-state index < -0.39 is 11.1 Å².